The highest BCUT2D eigenvalue weighted by Crippen LogP contribution is 2.18. The van der Waals surface area contributed by atoms with E-state index in [-0.39, 0.29) is 11.7 Å². The average molecular weight is 302 g/mol. The molecule has 22 heavy (non-hydrogen) atoms. The molecule has 116 valence electrons. The smallest absolute Gasteiger partial charge is 0.358 e. The lowest BCUT2D eigenvalue weighted by Crippen LogP contribution is -2.25. The molecule has 1 N–H and O–H groups in total. The van der Waals surface area contributed by atoms with Crippen molar-refractivity contribution in [3.8, 4) is 0 Å². The van der Waals surface area contributed by atoms with Crippen molar-refractivity contribution in [2.75, 3.05) is 5.32 Å². The second kappa shape index (κ2) is 6.38. The normalized spacial score (nSPS) is 12.0. The number of hydrogen-bond acceptors (Lipinski definition) is 4. The summed E-state index contributed by atoms with van der Waals surface area (Å²) in [6.07, 6.45) is 0.931. The summed E-state index contributed by atoms with van der Waals surface area (Å²) in [6, 6.07) is 8.28. The van der Waals surface area contributed by atoms with E-state index in [1.807, 2.05) is 24.3 Å². The van der Waals surface area contributed by atoms with E-state index < -0.39 is 11.0 Å². The lowest BCUT2D eigenvalue weighted by Gasteiger charge is -2.11. The zero-order valence-corrected chi connectivity index (χ0v) is 12.7. The summed E-state index contributed by atoms with van der Waals surface area (Å²) in [7, 11) is 0. The third-order valence-electron chi connectivity index (χ3n) is 3.47. The molecule has 0 saturated carbocycles. The van der Waals surface area contributed by atoms with E-state index in [1.165, 1.54) is 16.3 Å². The van der Waals surface area contributed by atoms with Gasteiger partial charge in [0, 0.05) is 5.69 Å². The molecule has 0 bridgehead atoms. The van der Waals surface area contributed by atoms with Crippen LogP contribution in [0.5, 0.6) is 0 Å². The van der Waals surface area contributed by atoms with E-state index in [0.717, 1.165) is 6.42 Å². The summed E-state index contributed by atoms with van der Waals surface area (Å²) >= 11 is 0. The summed E-state index contributed by atoms with van der Waals surface area (Å²) in [5.74, 6) is -0.533. The van der Waals surface area contributed by atoms with Gasteiger partial charge in [-0.1, -0.05) is 19.1 Å². The third-order valence-corrected chi connectivity index (χ3v) is 3.47. The van der Waals surface area contributed by atoms with Crippen LogP contribution in [0, 0.1) is 17.0 Å². The average Bonchev–Trinajstić information content (AvgIpc) is 2.89. The predicted molar refractivity (Wildman–Crippen MR) is 82.8 cm³/mol. The molecule has 1 atom stereocenters. The molecule has 0 spiro atoms. The van der Waals surface area contributed by atoms with Crippen molar-refractivity contribution in [3.63, 3.8) is 0 Å². The molecule has 0 radical (unpaired) electrons. The van der Waals surface area contributed by atoms with Crippen molar-refractivity contribution in [1.82, 2.24) is 9.78 Å². The molecule has 0 aliphatic rings. The van der Waals surface area contributed by atoms with Crippen LogP contribution in [-0.4, -0.2) is 20.6 Å². The monoisotopic (exact) mass is 302 g/mol. The first-order chi connectivity index (χ1) is 10.4. The van der Waals surface area contributed by atoms with Crippen molar-refractivity contribution in [3.05, 3.63) is 51.7 Å². The van der Waals surface area contributed by atoms with Crippen LogP contribution in [0.15, 0.2) is 30.3 Å². The van der Waals surface area contributed by atoms with Crippen molar-refractivity contribution in [2.24, 2.45) is 0 Å². The summed E-state index contributed by atoms with van der Waals surface area (Å²) in [6.45, 7) is 5.39. The number of carbonyl (C=O) groups excluding carboxylic acids is 1. The van der Waals surface area contributed by atoms with Crippen LogP contribution in [0.4, 0.5) is 11.5 Å². The predicted octanol–water partition coefficient (Wildman–Crippen LogP) is 2.86. The molecule has 1 heterocycles. The Morgan fingerprint density at radius 3 is 2.55 bits per heavy atom. The van der Waals surface area contributed by atoms with E-state index in [4.69, 9.17) is 0 Å². The van der Waals surface area contributed by atoms with E-state index >= 15 is 0 Å². The van der Waals surface area contributed by atoms with Crippen molar-refractivity contribution in [2.45, 2.75) is 33.2 Å². The number of nitrogens with one attached hydrogen (secondary N) is 1. The fraction of sp³-hybridized carbons (Fsp3) is 0.333. The molecule has 0 fully saturated rings. The number of aryl methyl sites for hydroxylation is 2. The van der Waals surface area contributed by atoms with E-state index in [0.29, 0.717) is 11.4 Å². The Balaban J connectivity index is 2.12. The first-order valence-electron chi connectivity index (χ1n) is 7.02. The van der Waals surface area contributed by atoms with Gasteiger partial charge in [0.05, 0.1) is 16.9 Å². The minimum Gasteiger partial charge on any atom is -0.358 e. The van der Waals surface area contributed by atoms with Gasteiger partial charge in [-0.15, -0.1) is 0 Å². The van der Waals surface area contributed by atoms with Gasteiger partial charge in [0.25, 0.3) is 5.91 Å². The Labute approximate surface area is 128 Å². The van der Waals surface area contributed by atoms with Crippen LogP contribution in [0.1, 0.15) is 31.1 Å². The second-order valence-corrected chi connectivity index (χ2v) is 5.06. The minimum atomic E-state index is -0.639. The summed E-state index contributed by atoms with van der Waals surface area (Å²) in [4.78, 5) is 22.4. The second-order valence-electron chi connectivity index (χ2n) is 5.06. The van der Waals surface area contributed by atoms with Gasteiger partial charge in [0.2, 0.25) is 0 Å². The Kier molecular flexibility index (Phi) is 4.55. The largest absolute Gasteiger partial charge is 0.390 e. The highest BCUT2D eigenvalue weighted by atomic mass is 16.6. The number of amides is 1. The van der Waals surface area contributed by atoms with Crippen LogP contribution < -0.4 is 5.32 Å². The summed E-state index contributed by atoms with van der Waals surface area (Å²) in [5.41, 5.74) is 2.44. The third kappa shape index (κ3) is 3.30. The Morgan fingerprint density at radius 1 is 1.41 bits per heavy atom. The highest BCUT2D eigenvalue weighted by molar-refractivity contribution is 5.93. The molecule has 0 saturated heterocycles. The molecular weight excluding hydrogens is 284 g/mol. The minimum absolute atomic E-state index is 0.260. The van der Waals surface area contributed by atoms with Gasteiger partial charge in [-0.2, -0.15) is 4.68 Å². The molecule has 1 aromatic carbocycles. The van der Waals surface area contributed by atoms with Gasteiger partial charge in [-0.3, -0.25) is 4.79 Å². The lowest BCUT2D eigenvalue weighted by molar-refractivity contribution is -0.389. The molecule has 0 aliphatic heterocycles. The Hall–Kier alpha value is -2.70. The molecular formula is C15H18N4O3. The Morgan fingerprint density at radius 2 is 2.05 bits per heavy atom. The molecule has 7 nitrogen and oxygen atoms in total. The molecule has 7 heteroatoms. The summed E-state index contributed by atoms with van der Waals surface area (Å²) in [5, 5.41) is 17.4. The number of nitrogens with zero attached hydrogens (tertiary/aromatic N) is 3. The number of nitro groups is 1. The fourth-order valence-electron chi connectivity index (χ4n) is 2.13. The maximum Gasteiger partial charge on any atom is 0.390 e. The topological polar surface area (TPSA) is 90.1 Å². The zero-order chi connectivity index (χ0) is 16.3. The van der Waals surface area contributed by atoms with Crippen LogP contribution in [0.2, 0.25) is 0 Å². The summed E-state index contributed by atoms with van der Waals surface area (Å²) < 4.78 is 1.36. The van der Waals surface area contributed by atoms with E-state index in [1.54, 1.807) is 13.8 Å². The zero-order valence-electron chi connectivity index (χ0n) is 12.7. The van der Waals surface area contributed by atoms with Crippen LogP contribution in [-0.2, 0) is 11.2 Å². The SMILES string of the molecule is CCc1ccc(NC(=O)C(C)n2nc([N+](=O)[O-])cc2C)cc1. The van der Waals surface area contributed by atoms with Gasteiger partial charge in [-0.25, -0.2) is 0 Å². The van der Waals surface area contributed by atoms with Gasteiger partial charge in [-0.05, 0) is 42.9 Å². The first-order valence-corrected chi connectivity index (χ1v) is 7.02. The van der Waals surface area contributed by atoms with Crippen LogP contribution in [0.3, 0.4) is 0 Å². The number of anilines is 1. The van der Waals surface area contributed by atoms with Gasteiger partial charge in [0.15, 0.2) is 0 Å². The number of carbonyl (C=O) groups is 1. The highest BCUT2D eigenvalue weighted by Gasteiger charge is 2.24. The van der Waals surface area contributed by atoms with Gasteiger partial charge >= 0.3 is 5.82 Å². The molecule has 0 aliphatic carbocycles. The molecule has 2 rings (SSSR count). The maximum atomic E-state index is 12.3. The molecule has 1 amide bonds. The number of hydrogen-bond donors (Lipinski definition) is 1. The molecule has 1 unspecified atom stereocenters. The van der Waals surface area contributed by atoms with Gasteiger partial charge < -0.3 is 15.4 Å². The molecule has 2 aromatic rings. The quantitative estimate of drug-likeness (QED) is 0.679. The number of aromatic nitrogens is 2. The van der Waals surface area contributed by atoms with Crippen molar-refractivity contribution in [1.29, 1.82) is 0 Å². The number of benzene rings is 1. The van der Waals surface area contributed by atoms with E-state index in [9.17, 15) is 14.9 Å². The number of rotatable bonds is 5. The Bertz CT molecular complexity index is 691. The van der Waals surface area contributed by atoms with Crippen molar-refractivity contribution >= 4 is 17.4 Å². The first kappa shape index (κ1) is 15.7. The maximum absolute atomic E-state index is 12.3. The van der Waals surface area contributed by atoms with Gasteiger partial charge in [0.1, 0.15) is 6.04 Å². The van der Waals surface area contributed by atoms with Crippen LogP contribution >= 0.6 is 0 Å². The van der Waals surface area contributed by atoms with Crippen LogP contribution in [0.25, 0.3) is 0 Å². The fourth-order valence-corrected chi connectivity index (χ4v) is 2.13. The van der Waals surface area contributed by atoms with E-state index in [2.05, 4.69) is 17.3 Å². The molecule has 1 aromatic heterocycles. The standard InChI is InChI=1S/C15H18N4O3/c1-4-12-5-7-13(8-6-12)16-15(20)11(3)18-10(2)9-14(17-18)19(21)22/h5-9,11H,4H2,1-3H3,(H,16,20). The van der Waals surface area contributed by atoms with Crippen molar-refractivity contribution < 1.29 is 9.72 Å². The lowest BCUT2D eigenvalue weighted by atomic mass is 10.1.